The minimum Gasteiger partial charge on any atom is -0.486 e. The molecule has 0 heterocycles. The van der Waals surface area contributed by atoms with Crippen LogP contribution in [0.3, 0.4) is 0 Å². The fourth-order valence-corrected chi connectivity index (χ4v) is 1.64. The lowest BCUT2D eigenvalue weighted by Crippen LogP contribution is -2.20. The van der Waals surface area contributed by atoms with Crippen LogP contribution in [0.25, 0.3) is 0 Å². The standard InChI is InChI=1S/C15H16N4O2/c16-14(17)10-21-13-8-4-7-12(9-13)19-15(20)18-11-5-2-1-3-6-11/h1-9H,10H2,(H3,16,17)(H2,18,19,20). The average molecular weight is 284 g/mol. The van der Waals surface area contributed by atoms with Crippen molar-refractivity contribution in [3.63, 3.8) is 0 Å². The summed E-state index contributed by atoms with van der Waals surface area (Å²) in [5.41, 5.74) is 6.52. The Labute approximate surface area is 122 Å². The average Bonchev–Trinajstić information content (AvgIpc) is 2.46. The number of para-hydroxylation sites is 1. The van der Waals surface area contributed by atoms with Crippen LogP contribution in [0.1, 0.15) is 0 Å². The zero-order valence-electron chi connectivity index (χ0n) is 11.3. The second-order valence-electron chi connectivity index (χ2n) is 4.29. The Morgan fingerprint density at radius 1 is 1.05 bits per heavy atom. The van der Waals surface area contributed by atoms with E-state index in [1.165, 1.54) is 0 Å². The summed E-state index contributed by atoms with van der Waals surface area (Å²) in [6, 6.07) is 15.7. The first-order chi connectivity index (χ1) is 10.1. The maximum atomic E-state index is 11.8. The highest BCUT2D eigenvalue weighted by Crippen LogP contribution is 2.17. The van der Waals surface area contributed by atoms with Crippen molar-refractivity contribution in [2.24, 2.45) is 5.73 Å². The molecule has 0 saturated heterocycles. The second-order valence-corrected chi connectivity index (χ2v) is 4.29. The van der Waals surface area contributed by atoms with Gasteiger partial charge in [-0.3, -0.25) is 5.41 Å². The molecule has 0 aliphatic rings. The van der Waals surface area contributed by atoms with E-state index in [9.17, 15) is 4.79 Å². The Balaban J connectivity index is 1.94. The van der Waals surface area contributed by atoms with E-state index in [2.05, 4.69) is 10.6 Å². The van der Waals surface area contributed by atoms with Gasteiger partial charge < -0.3 is 21.1 Å². The number of amides is 2. The van der Waals surface area contributed by atoms with Crippen LogP contribution in [-0.2, 0) is 0 Å². The number of carbonyl (C=O) groups is 1. The summed E-state index contributed by atoms with van der Waals surface area (Å²) in [4.78, 5) is 11.8. The van der Waals surface area contributed by atoms with Crippen molar-refractivity contribution in [3.05, 3.63) is 54.6 Å². The molecule has 6 nitrogen and oxygen atoms in total. The highest BCUT2D eigenvalue weighted by Gasteiger charge is 2.03. The quantitative estimate of drug-likeness (QED) is 0.501. The number of carbonyl (C=O) groups excluding carboxylic acids is 1. The molecule has 0 aromatic heterocycles. The summed E-state index contributed by atoms with van der Waals surface area (Å²) < 4.78 is 5.29. The Morgan fingerprint density at radius 2 is 1.71 bits per heavy atom. The summed E-state index contributed by atoms with van der Waals surface area (Å²) in [6.07, 6.45) is 0. The molecule has 2 amide bonds. The topological polar surface area (TPSA) is 100 Å². The lowest BCUT2D eigenvalue weighted by molar-refractivity contribution is 0.262. The van der Waals surface area contributed by atoms with E-state index in [1.54, 1.807) is 36.4 Å². The molecule has 0 spiro atoms. The number of urea groups is 1. The van der Waals surface area contributed by atoms with Gasteiger partial charge >= 0.3 is 6.03 Å². The van der Waals surface area contributed by atoms with Gasteiger partial charge in [0.2, 0.25) is 0 Å². The molecule has 108 valence electrons. The third-order valence-electron chi connectivity index (χ3n) is 2.52. The van der Waals surface area contributed by atoms with E-state index in [0.717, 1.165) is 0 Å². The monoisotopic (exact) mass is 284 g/mol. The van der Waals surface area contributed by atoms with E-state index >= 15 is 0 Å². The minimum atomic E-state index is -0.343. The van der Waals surface area contributed by atoms with E-state index in [4.69, 9.17) is 15.9 Å². The number of amidine groups is 1. The smallest absolute Gasteiger partial charge is 0.323 e. The molecule has 0 atom stereocenters. The van der Waals surface area contributed by atoms with Gasteiger partial charge in [0.25, 0.3) is 0 Å². The third kappa shape index (κ3) is 4.87. The number of hydrogen-bond donors (Lipinski definition) is 4. The lowest BCUT2D eigenvalue weighted by atomic mass is 10.3. The minimum absolute atomic E-state index is 0.0136. The SMILES string of the molecule is N=C(N)COc1cccc(NC(=O)Nc2ccccc2)c1. The number of benzene rings is 2. The van der Waals surface area contributed by atoms with Crippen molar-refractivity contribution < 1.29 is 9.53 Å². The van der Waals surface area contributed by atoms with Crippen molar-refractivity contribution in [2.45, 2.75) is 0 Å². The molecule has 6 heteroatoms. The molecule has 2 aromatic carbocycles. The molecule has 0 fully saturated rings. The molecule has 0 saturated carbocycles. The molecule has 0 bridgehead atoms. The van der Waals surface area contributed by atoms with Crippen LogP contribution in [0.5, 0.6) is 5.75 Å². The number of nitrogens with one attached hydrogen (secondary N) is 3. The Morgan fingerprint density at radius 3 is 2.43 bits per heavy atom. The van der Waals surface area contributed by atoms with E-state index in [1.807, 2.05) is 18.2 Å². The van der Waals surface area contributed by atoms with E-state index in [0.29, 0.717) is 17.1 Å². The molecule has 0 radical (unpaired) electrons. The van der Waals surface area contributed by atoms with Crippen LogP contribution in [0.15, 0.2) is 54.6 Å². The fraction of sp³-hybridized carbons (Fsp3) is 0.0667. The summed E-state index contributed by atoms with van der Waals surface area (Å²) in [5.74, 6) is 0.470. The van der Waals surface area contributed by atoms with Crippen molar-refractivity contribution in [2.75, 3.05) is 17.2 Å². The third-order valence-corrected chi connectivity index (χ3v) is 2.52. The second kappa shape index (κ2) is 6.95. The van der Waals surface area contributed by atoms with E-state index < -0.39 is 0 Å². The lowest BCUT2D eigenvalue weighted by Gasteiger charge is -2.09. The van der Waals surface area contributed by atoms with Gasteiger partial charge in [0.05, 0.1) is 0 Å². The number of rotatable bonds is 5. The number of nitrogens with two attached hydrogens (primary N) is 1. The highest BCUT2D eigenvalue weighted by molar-refractivity contribution is 5.99. The molecule has 2 aromatic rings. The molecule has 0 unspecified atom stereocenters. The Bertz CT molecular complexity index is 629. The predicted octanol–water partition coefficient (Wildman–Crippen LogP) is 2.65. The zero-order valence-corrected chi connectivity index (χ0v) is 11.3. The van der Waals surface area contributed by atoms with Gasteiger partial charge in [-0.2, -0.15) is 0 Å². The number of hydrogen-bond acceptors (Lipinski definition) is 3. The number of ether oxygens (including phenoxy) is 1. The molecule has 0 aliphatic heterocycles. The molecule has 0 aliphatic carbocycles. The summed E-state index contributed by atoms with van der Waals surface area (Å²) in [7, 11) is 0. The van der Waals surface area contributed by atoms with Gasteiger partial charge in [-0.1, -0.05) is 24.3 Å². The van der Waals surface area contributed by atoms with Crippen molar-refractivity contribution in [1.29, 1.82) is 5.41 Å². The van der Waals surface area contributed by atoms with Gasteiger partial charge in [-0.25, -0.2) is 4.79 Å². The molecule has 2 rings (SSSR count). The van der Waals surface area contributed by atoms with Crippen LogP contribution in [0.4, 0.5) is 16.2 Å². The van der Waals surface area contributed by atoms with Gasteiger partial charge in [0.1, 0.15) is 18.2 Å². The van der Waals surface area contributed by atoms with Crippen LogP contribution in [0.2, 0.25) is 0 Å². The molecule has 5 N–H and O–H groups in total. The first-order valence-corrected chi connectivity index (χ1v) is 6.32. The number of anilines is 2. The zero-order chi connectivity index (χ0) is 15.1. The van der Waals surface area contributed by atoms with Crippen LogP contribution in [0, 0.1) is 5.41 Å². The Kier molecular flexibility index (Phi) is 4.76. The molecular weight excluding hydrogens is 268 g/mol. The van der Waals surface area contributed by atoms with Crippen molar-refractivity contribution in [3.8, 4) is 5.75 Å². The van der Waals surface area contributed by atoms with Crippen LogP contribution in [-0.4, -0.2) is 18.5 Å². The van der Waals surface area contributed by atoms with Gasteiger partial charge in [-0.15, -0.1) is 0 Å². The first-order valence-electron chi connectivity index (χ1n) is 6.32. The fourth-order valence-electron chi connectivity index (χ4n) is 1.64. The normalized spacial score (nSPS) is 9.71. The van der Waals surface area contributed by atoms with Gasteiger partial charge in [0, 0.05) is 17.4 Å². The van der Waals surface area contributed by atoms with Gasteiger partial charge in [-0.05, 0) is 24.3 Å². The highest BCUT2D eigenvalue weighted by atomic mass is 16.5. The maximum Gasteiger partial charge on any atom is 0.323 e. The van der Waals surface area contributed by atoms with Crippen LogP contribution >= 0.6 is 0 Å². The largest absolute Gasteiger partial charge is 0.486 e. The van der Waals surface area contributed by atoms with Crippen molar-refractivity contribution in [1.82, 2.24) is 0 Å². The summed E-state index contributed by atoms with van der Waals surface area (Å²) >= 11 is 0. The summed E-state index contributed by atoms with van der Waals surface area (Å²) in [6.45, 7) is 0.0136. The van der Waals surface area contributed by atoms with Crippen molar-refractivity contribution >= 4 is 23.2 Å². The summed E-state index contributed by atoms with van der Waals surface area (Å²) in [5, 5.41) is 12.5. The molecular formula is C15H16N4O2. The van der Waals surface area contributed by atoms with Crippen LogP contribution < -0.4 is 21.1 Å². The maximum absolute atomic E-state index is 11.8. The Hall–Kier alpha value is -3.02. The predicted molar refractivity (Wildman–Crippen MR) is 82.9 cm³/mol. The van der Waals surface area contributed by atoms with E-state index in [-0.39, 0.29) is 18.5 Å². The van der Waals surface area contributed by atoms with Gasteiger partial charge in [0.15, 0.2) is 0 Å². The first kappa shape index (κ1) is 14.4. The molecule has 21 heavy (non-hydrogen) atoms.